The highest BCUT2D eigenvalue weighted by atomic mass is 19.4. The molecule has 1 atom stereocenters. The first-order valence-electron chi connectivity index (χ1n) is 5.77. The summed E-state index contributed by atoms with van der Waals surface area (Å²) < 4.78 is 42.5. The van der Waals surface area contributed by atoms with Crippen molar-refractivity contribution in [2.75, 3.05) is 6.61 Å². The van der Waals surface area contributed by atoms with E-state index in [1.54, 1.807) is 6.92 Å². The predicted octanol–water partition coefficient (Wildman–Crippen LogP) is 3.15. The maximum Gasteiger partial charge on any atom is 0.416 e. The third kappa shape index (κ3) is 4.09. The lowest BCUT2D eigenvalue weighted by molar-refractivity contribution is -0.386. The molecule has 0 amide bonds. The van der Waals surface area contributed by atoms with Crippen molar-refractivity contribution in [2.24, 2.45) is 0 Å². The zero-order chi connectivity index (χ0) is 15.6. The molecule has 0 aromatic heterocycles. The van der Waals surface area contributed by atoms with Crippen LogP contribution in [-0.2, 0) is 6.18 Å². The zero-order valence-corrected chi connectivity index (χ0v) is 10.9. The highest BCUT2D eigenvalue weighted by Crippen LogP contribution is 2.36. The van der Waals surface area contributed by atoms with Crippen LogP contribution in [0.25, 0.3) is 0 Å². The van der Waals surface area contributed by atoms with Crippen molar-refractivity contribution in [1.82, 2.24) is 0 Å². The van der Waals surface area contributed by atoms with Gasteiger partial charge in [-0.05, 0) is 25.5 Å². The highest BCUT2D eigenvalue weighted by Gasteiger charge is 2.33. The van der Waals surface area contributed by atoms with Gasteiger partial charge < -0.3 is 9.84 Å². The van der Waals surface area contributed by atoms with Crippen LogP contribution >= 0.6 is 0 Å². The first-order valence-corrected chi connectivity index (χ1v) is 5.77. The molecule has 0 bridgehead atoms. The molecule has 1 aromatic carbocycles. The third-order valence-corrected chi connectivity index (χ3v) is 2.78. The van der Waals surface area contributed by atoms with Crippen LogP contribution < -0.4 is 4.74 Å². The fourth-order valence-electron chi connectivity index (χ4n) is 1.29. The molecule has 1 N–H and O–H groups in total. The number of ether oxygens (including phenoxy) is 1. The van der Waals surface area contributed by atoms with E-state index in [2.05, 4.69) is 0 Å². The summed E-state index contributed by atoms with van der Waals surface area (Å²) in [7, 11) is 0. The minimum atomic E-state index is -4.67. The Hall–Kier alpha value is -1.83. The summed E-state index contributed by atoms with van der Waals surface area (Å²) in [5.41, 5.74) is -3.12. The molecule has 5 nitrogen and oxygen atoms in total. The van der Waals surface area contributed by atoms with Gasteiger partial charge in [-0.2, -0.15) is 13.2 Å². The normalized spacial score (nSPS) is 14.7. The Bertz CT molecular complexity index is 500. The second-order valence-electron chi connectivity index (χ2n) is 4.58. The van der Waals surface area contributed by atoms with E-state index in [-0.39, 0.29) is 12.4 Å². The van der Waals surface area contributed by atoms with Gasteiger partial charge in [0.05, 0.1) is 16.1 Å². The van der Waals surface area contributed by atoms with Gasteiger partial charge in [0.25, 0.3) is 0 Å². The number of nitro benzene ring substituents is 1. The van der Waals surface area contributed by atoms with Gasteiger partial charge in [0.1, 0.15) is 6.61 Å². The van der Waals surface area contributed by atoms with E-state index in [4.69, 9.17) is 4.74 Å². The number of alkyl halides is 3. The van der Waals surface area contributed by atoms with E-state index in [0.717, 1.165) is 6.07 Å². The van der Waals surface area contributed by atoms with E-state index in [1.807, 2.05) is 0 Å². The van der Waals surface area contributed by atoms with Crippen LogP contribution in [0.1, 0.15) is 25.8 Å². The molecule has 1 unspecified atom stereocenters. The molecule has 0 radical (unpaired) electrons. The molecule has 0 spiro atoms. The van der Waals surface area contributed by atoms with Crippen molar-refractivity contribution < 1.29 is 27.9 Å². The summed E-state index contributed by atoms with van der Waals surface area (Å²) in [5.74, 6) is -0.309. The maximum atomic E-state index is 12.5. The largest absolute Gasteiger partial charge is 0.484 e. The molecule has 0 aliphatic carbocycles. The number of hydrogen-bond donors (Lipinski definition) is 1. The summed E-state index contributed by atoms with van der Waals surface area (Å²) in [6.45, 7) is 2.89. The molecule has 8 heteroatoms. The molecule has 112 valence electrons. The number of benzene rings is 1. The quantitative estimate of drug-likeness (QED) is 0.668. The topological polar surface area (TPSA) is 72.6 Å². The molecule has 1 rings (SSSR count). The van der Waals surface area contributed by atoms with Crippen LogP contribution in [0.4, 0.5) is 18.9 Å². The fourth-order valence-corrected chi connectivity index (χ4v) is 1.29. The molecule has 0 aliphatic heterocycles. The zero-order valence-electron chi connectivity index (χ0n) is 10.9. The van der Waals surface area contributed by atoms with Gasteiger partial charge in [-0.15, -0.1) is 0 Å². The third-order valence-electron chi connectivity index (χ3n) is 2.78. The first kappa shape index (κ1) is 16.2. The number of nitro groups is 1. The lowest BCUT2D eigenvalue weighted by atomic mass is 10.1. The summed E-state index contributed by atoms with van der Waals surface area (Å²) in [5, 5.41) is 20.5. The Kier molecular flexibility index (Phi) is 4.59. The molecule has 1 aromatic rings. The van der Waals surface area contributed by atoms with Crippen LogP contribution in [-0.4, -0.2) is 22.2 Å². The number of rotatable bonds is 5. The average molecular weight is 293 g/mol. The number of nitrogens with zero attached hydrogens (tertiary/aromatic N) is 1. The van der Waals surface area contributed by atoms with Crippen molar-refractivity contribution in [2.45, 2.75) is 32.0 Å². The van der Waals surface area contributed by atoms with E-state index in [1.165, 1.54) is 6.92 Å². The summed E-state index contributed by atoms with van der Waals surface area (Å²) in [6.07, 6.45) is -4.33. The fraction of sp³-hybridized carbons (Fsp3) is 0.500. The van der Waals surface area contributed by atoms with Crippen molar-refractivity contribution >= 4 is 5.69 Å². The van der Waals surface area contributed by atoms with Gasteiger partial charge in [0, 0.05) is 6.07 Å². The summed E-state index contributed by atoms with van der Waals surface area (Å²) >= 11 is 0. The lowest BCUT2D eigenvalue weighted by Gasteiger charge is -2.21. The molecule has 0 fully saturated rings. The minimum absolute atomic E-state index is 0.254. The average Bonchev–Trinajstić information content (AvgIpc) is 2.35. The van der Waals surface area contributed by atoms with Crippen LogP contribution in [0.15, 0.2) is 18.2 Å². The molecular formula is C12H14F3NO4. The van der Waals surface area contributed by atoms with Crippen LogP contribution in [0.5, 0.6) is 5.75 Å². The summed E-state index contributed by atoms with van der Waals surface area (Å²) in [4.78, 5) is 9.84. The summed E-state index contributed by atoms with van der Waals surface area (Å²) in [6, 6.07) is 1.99. The van der Waals surface area contributed by atoms with Crippen LogP contribution in [0, 0.1) is 10.1 Å². The van der Waals surface area contributed by atoms with E-state index < -0.39 is 28.0 Å². The second kappa shape index (κ2) is 5.66. The minimum Gasteiger partial charge on any atom is -0.484 e. The van der Waals surface area contributed by atoms with Gasteiger partial charge in [0.15, 0.2) is 5.75 Å². The Morgan fingerprint density at radius 1 is 1.40 bits per heavy atom. The van der Waals surface area contributed by atoms with Crippen molar-refractivity contribution in [3.05, 3.63) is 33.9 Å². The standard InChI is InChI=1S/C12H14F3NO4/c1-3-11(2,17)7-20-10-5-4-8(12(13,14)15)6-9(10)16(18)19/h4-6,17H,3,7H2,1-2H3. The Labute approximate surface area is 113 Å². The molecule has 0 saturated carbocycles. The van der Waals surface area contributed by atoms with E-state index >= 15 is 0 Å². The molecule has 0 saturated heterocycles. The van der Waals surface area contributed by atoms with E-state index in [0.29, 0.717) is 18.6 Å². The number of hydrogen-bond acceptors (Lipinski definition) is 4. The van der Waals surface area contributed by atoms with Gasteiger partial charge >= 0.3 is 11.9 Å². The highest BCUT2D eigenvalue weighted by molar-refractivity contribution is 5.49. The smallest absolute Gasteiger partial charge is 0.416 e. The molecule has 20 heavy (non-hydrogen) atoms. The first-order chi connectivity index (χ1) is 9.07. The number of halogens is 3. The predicted molar refractivity (Wildman–Crippen MR) is 64.5 cm³/mol. The Morgan fingerprint density at radius 3 is 2.45 bits per heavy atom. The van der Waals surface area contributed by atoms with Crippen molar-refractivity contribution in [3.63, 3.8) is 0 Å². The molecule has 0 heterocycles. The van der Waals surface area contributed by atoms with Crippen LogP contribution in [0.3, 0.4) is 0 Å². The second-order valence-corrected chi connectivity index (χ2v) is 4.58. The maximum absolute atomic E-state index is 12.5. The number of aliphatic hydroxyl groups is 1. The van der Waals surface area contributed by atoms with Crippen molar-refractivity contribution in [1.29, 1.82) is 0 Å². The lowest BCUT2D eigenvalue weighted by Crippen LogP contribution is -2.31. The van der Waals surface area contributed by atoms with Crippen LogP contribution in [0.2, 0.25) is 0 Å². The van der Waals surface area contributed by atoms with Crippen molar-refractivity contribution in [3.8, 4) is 5.75 Å². The Morgan fingerprint density at radius 2 is 2.00 bits per heavy atom. The van der Waals surface area contributed by atoms with Gasteiger partial charge in [0.2, 0.25) is 0 Å². The van der Waals surface area contributed by atoms with Gasteiger partial charge in [-0.3, -0.25) is 10.1 Å². The van der Waals surface area contributed by atoms with Gasteiger partial charge in [-0.25, -0.2) is 0 Å². The molecule has 0 aliphatic rings. The van der Waals surface area contributed by atoms with Gasteiger partial charge in [-0.1, -0.05) is 6.92 Å². The monoisotopic (exact) mass is 293 g/mol. The SMILES string of the molecule is CCC(C)(O)COc1ccc(C(F)(F)F)cc1[N+](=O)[O-]. The Balaban J connectivity index is 3.06. The van der Waals surface area contributed by atoms with E-state index in [9.17, 15) is 28.4 Å². The molecular weight excluding hydrogens is 279 g/mol.